The van der Waals surface area contributed by atoms with E-state index in [2.05, 4.69) is 204 Å². The first kappa shape index (κ1) is 33.9. The van der Waals surface area contributed by atoms with Crippen LogP contribution in [0.25, 0.3) is 66.6 Å². The summed E-state index contributed by atoms with van der Waals surface area (Å²) >= 11 is 0. The number of para-hydroxylation sites is 3. The maximum atomic E-state index is 6.87. The van der Waals surface area contributed by atoms with Crippen LogP contribution in [0.15, 0.2) is 205 Å². The highest BCUT2D eigenvalue weighted by atomic mass is 28.3. The van der Waals surface area contributed by atoms with E-state index < -0.39 is 8.07 Å². The van der Waals surface area contributed by atoms with Gasteiger partial charge in [-0.05, 0) is 93.2 Å². The van der Waals surface area contributed by atoms with Crippen molar-refractivity contribution in [2.24, 2.45) is 0 Å². The largest absolute Gasteiger partial charge is 0.454 e. The Labute approximate surface area is 343 Å². The standard InChI is InChI=1S/C54H39N3OSi/c1-36-33-47-44-26-9-11-29-48(44)56(52(47)53-51(36)46-27-10-13-31-50(46)58-53)37-17-14-23-41(34-37)59(39-19-4-2-5-20-39,40-21-6-3-7-22-40)42-24-15-18-38(35-42)57-49-30-12-8-25-43(49)45-28-16-32-55-54(45)57/h2-32,34-36H,33H2,1H3. The average Bonchev–Trinajstić information content (AvgIpc) is 3.96. The lowest BCUT2D eigenvalue weighted by Gasteiger charge is -2.35. The number of pyridine rings is 1. The fraction of sp³-hybridized carbons (Fsp3) is 0.0556. The second-order valence-corrected chi connectivity index (χ2v) is 19.7. The number of nitrogens with zero attached hydrogens (tertiary/aromatic N) is 3. The van der Waals surface area contributed by atoms with E-state index in [1.807, 2.05) is 12.3 Å². The molecule has 7 aromatic carbocycles. The minimum Gasteiger partial charge on any atom is -0.454 e. The van der Waals surface area contributed by atoms with Crippen molar-refractivity contribution >= 4 is 72.6 Å². The molecule has 0 N–H and O–H groups in total. The number of furan rings is 1. The zero-order valence-electron chi connectivity index (χ0n) is 32.6. The van der Waals surface area contributed by atoms with Gasteiger partial charge in [-0.1, -0.05) is 146 Å². The highest BCUT2D eigenvalue weighted by molar-refractivity contribution is 7.20. The Balaban J connectivity index is 1.15. The molecule has 11 aromatic rings. The Hall–Kier alpha value is -7.21. The molecular weight excluding hydrogens is 735 g/mol. The van der Waals surface area contributed by atoms with Gasteiger partial charge in [-0.3, -0.25) is 4.57 Å². The second kappa shape index (κ2) is 13.2. The smallest absolute Gasteiger partial charge is 0.179 e. The molecule has 59 heavy (non-hydrogen) atoms. The van der Waals surface area contributed by atoms with Gasteiger partial charge in [-0.25, -0.2) is 4.98 Å². The molecule has 0 fully saturated rings. The molecule has 280 valence electrons. The molecule has 0 radical (unpaired) electrons. The van der Waals surface area contributed by atoms with Gasteiger partial charge in [0.05, 0.1) is 16.7 Å². The van der Waals surface area contributed by atoms with Gasteiger partial charge >= 0.3 is 0 Å². The Morgan fingerprint density at radius 3 is 1.75 bits per heavy atom. The SMILES string of the molecule is CC1Cc2c(n(-c3cccc([Si](c4ccccc4)(c4ccccc4)c4cccc(-n5c6ccccc6c6cccnc65)c4)c3)c3ccccc23)-c2oc3ccccc3c21. The third kappa shape index (κ3) is 4.92. The van der Waals surface area contributed by atoms with E-state index in [9.17, 15) is 0 Å². The fourth-order valence-electron chi connectivity index (χ4n) is 10.3. The van der Waals surface area contributed by atoms with Crippen LogP contribution in [0.4, 0.5) is 0 Å². The van der Waals surface area contributed by atoms with Crippen molar-refractivity contribution in [1.29, 1.82) is 0 Å². The Bertz CT molecular complexity index is 3300. The molecular formula is C54H39N3OSi. The van der Waals surface area contributed by atoms with Crippen LogP contribution in [0.5, 0.6) is 0 Å². The number of benzene rings is 7. The molecule has 1 atom stereocenters. The summed E-state index contributed by atoms with van der Waals surface area (Å²) in [6.07, 6.45) is 2.86. The highest BCUT2D eigenvalue weighted by Crippen LogP contribution is 2.49. The van der Waals surface area contributed by atoms with Crippen LogP contribution in [0.3, 0.4) is 0 Å². The van der Waals surface area contributed by atoms with Gasteiger partial charge < -0.3 is 8.98 Å². The topological polar surface area (TPSA) is 35.9 Å². The first-order chi connectivity index (χ1) is 29.2. The maximum absolute atomic E-state index is 6.87. The number of hydrogen-bond acceptors (Lipinski definition) is 2. The molecule has 4 heterocycles. The van der Waals surface area contributed by atoms with Gasteiger partial charge in [0.25, 0.3) is 0 Å². The molecule has 4 aromatic heterocycles. The zero-order valence-corrected chi connectivity index (χ0v) is 33.6. The fourth-order valence-corrected chi connectivity index (χ4v) is 15.2. The molecule has 0 amide bonds. The van der Waals surface area contributed by atoms with Gasteiger partial charge in [0.2, 0.25) is 0 Å². The lowest BCUT2D eigenvalue weighted by molar-refractivity contribution is 0.604. The van der Waals surface area contributed by atoms with Gasteiger partial charge in [0, 0.05) is 44.7 Å². The predicted molar refractivity (Wildman–Crippen MR) is 246 cm³/mol. The van der Waals surface area contributed by atoms with Crippen molar-refractivity contribution in [3.63, 3.8) is 0 Å². The normalized spacial score (nSPS) is 13.9. The van der Waals surface area contributed by atoms with Gasteiger partial charge in [0.15, 0.2) is 13.8 Å². The van der Waals surface area contributed by atoms with E-state index in [0.717, 1.165) is 45.7 Å². The van der Waals surface area contributed by atoms with Crippen molar-refractivity contribution < 1.29 is 4.42 Å². The summed E-state index contributed by atoms with van der Waals surface area (Å²) in [5.41, 5.74) is 10.3. The van der Waals surface area contributed by atoms with Crippen molar-refractivity contribution in [2.45, 2.75) is 19.3 Å². The summed E-state index contributed by atoms with van der Waals surface area (Å²) in [6, 6.07) is 71.4. The van der Waals surface area contributed by atoms with E-state index in [-0.39, 0.29) is 0 Å². The molecule has 5 heteroatoms. The lowest BCUT2D eigenvalue weighted by atomic mass is 9.84. The van der Waals surface area contributed by atoms with Crippen molar-refractivity contribution in [1.82, 2.24) is 14.1 Å². The summed E-state index contributed by atoms with van der Waals surface area (Å²) in [5.74, 6) is 1.32. The molecule has 1 aliphatic rings. The van der Waals surface area contributed by atoms with Crippen LogP contribution >= 0.6 is 0 Å². The lowest BCUT2D eigenvalue weighted by Crippen LogP contribution is -2.74. The van der Waals surface area contributed by atoms with Crippen LogP contribution < -0.4 is 20.7 Å². The second-order valence-electron chi connectivity index (χ2n) is 15.9. The summed E-state index contributed by atoms with van der Waals surface area (Å²) in [5, 5.41) is 10.1. The van der Waals surface area contributed by atoms with Crippen molar-refractivity contribution in [3.8, 4) is 22.8 Å². The average molecular weight is 774 g/mol. The summed E-state index contributed by atoms with van der Waals surface area (Å²) < 4.78 is 11.7. The predicted octanol–water partition coefficient (Wildman–Crippen LogP) is 10.6. The van der Waals surface area contributed by atoms with Crippen LogP contribution in [-0.4, -0.2) is 22.2 Å². The molecule has 12 rings (SSSR count). The number of hydrogen-bond donors (Lipinski definition) is 0. The molecule has 0 aliphatic heterocycles. The van der Waals surface area contributed by atoms with Gasteiger partial charge in [0.1, 0.15) is 11.2 Å². The van der Waals surface area contributed by atoms with Crippen LogP contribution in [0.2, 0.25) is 0 Å². The summed E-state index contributed by atoms with van der Waals surface area (Å²) in [7, 11) is -3.01. The van der Waals surface area contributed by atoms with E-state index in [1.54, 1.807) is 0 Å². The molecule has 0 saturated heterocycles. The molecule has 4 nitrogen and oxygen atoms in total. The Kier molecular flexibility index (Phi) is 7.56. The highest BCUT2D eigenvalue weighted by Gasteiger charge is 2.42. The summed E-state index contributed by atoms with van der Waals surface area (Å²) in [6.45, 7) is 2.35. The molecule has 1 aliphatic carbocycles. The van der Waals surface area contributed by atoms with E-state index in [1.165, 1.54) is 59.2 Å². The Morgan fingerprint density at radius 2 is 1.05 bits per heavy atom. The van der Waals surface area contributed by atoms with E-state index in [0.29, 0.717) is 5.92 Å². The third-order valence-corrected chi connectivity index (χ3v) is 17.5. The summed E-state index contributed by atoms with van der Waals surface area (Å²) in [4.78, 5) is 4.96. The number of fused-ring (bicyclic) bond motifs is 10. The quantitative estimate of drug-likeness (QED) is 0.125. The van der Waals surface area contributed by atoms with Crippen LogP contribution in [0, 0.1) is 0 Å². The first-order valence-corrected chi connectivity index (χ1v) is 22.5. The van der Waals surface area contributed by atoms with Gasteiger partial charge in [-0.15, -0.1) is 0 Å². The van der Waals surface area contributed by atoms with Crippen LogP contribution in [-0.2, 0) is 6.42 Å². The molecule has 0 bridgehead atoms. The zero-order chi connectivity index (χ0) is 39.1. The number of rotatable bonds is 6. The van der Waals surface area contributed by atoms with E-state index in [4.69, 9.17) is 9.40 Å². The third-order valence-electron chi connectivity index (χ3n) is 12.8. The first-order valence-electron chi connectivity index (χ1n) is 20.5. The van der Waals surface area contributed by atoms with Crippen molar-refractivity contribution in [3.05, 3.63) is 211 Å². The molecule has 0 saturated carbocycles. The van der Waals surface area contributed by atoms with E-state index >= 15 is 0 Å². The Morgan fingerprint density at radius 1 is 0.508 bits per heavy atom. The monoisotopic (exact) mass is 773 g/mol. The maximum Gasteiger partial charge on any atom is 0.179 e. The molecule has 1 unspecified atom stereocenters. The van der Waals surface area contributed by atoms with Gasteiger partial charge in [-0.2, -0.15) is 0 Å². The molecule has 0 spiro atoms. The van der Waals surface area contributed by atoms with Crippen molar-refractivity contribution in [2.75, 3.05) is 0 Å². The minimum absolute atomic E-state index is 0.333. The minimum atomic E-state index is -3.01. The van der Waals surface area contributed by atoms with Crippen LogP contribution in [0.1, 0.15) is 24.0 Å². The number of aromatic nitrogens is 3.